The SMILES string of the molecule is Cc1[nH]ncc1CCCNCc1ccc(C2CC2C)o1. The lowest BCUT2D eigenvalue weighted by molar-refractivity contribution is 0.443. The highest BCUT2D eigenvalue weighted by Crippen LogP contribution is 2.47. The van der Waals surface area contributed by atoms with E-state index < -0.39 is 0 Å². The summed E-state index contributed by atoms with van der Waals surface area (Å²) in [6, 6.07) is 4.24. The van der Waals surface area contributed by atoms with E-state index in [1.165, 1.54) is 23.4 Å². The van der Waals surface area contributed by atoms with Crippen LogP contribution in [0.1, 0.15) is 48.5 Å². The molecule has 2 heterocycles. The number of aryl methyl sites for hydroxylation is 2. The van der Waals surface area contributed by atoms with Gasteiger partial charge in [0, 0.05) is 11.6 Å². The van der Waals surface area contributed by atoms with Gasteiger partial charge in [0.1, 0.15) is 11.5 Å². The quantitative estimate of drug-likeness (QED) is 0.762. The summed E-state index contributed by atoms with van der Waals surface area (Å²) < 4.78 is 5.87. The topological polar surface area (TPSA) is 53.9 Å². The van der Waals surface area contributed by atoms with Crippen LogP contribution in [0.2, 0.25) is 0 Å². The van der Waals surface area contributed by atoms with E-state index in [2.05, 4.69) is 41.5 Å². The average Bonchev–Trinajstić information content (AvgIpc) is 2.85. The number of nitrogens with one attached hydrogen (secondary N) is 2. The number of furan rings is 1. The van der Waals surface area contributed by atoms with Crippen LogP contribution >= 0.6 is 0 Å². The molecule has 0 bridgehead atoms. The standard InChI is InChI=1S/C16H23N3O/c1-11-8-15(11)16-6-5-14(20-16)10-17-7-3-4-13-9-18-19-12(13)2/h5-6,9,11,15,17H,3-4,7-8,10H2,1-2H3,(H,18,19). The van der Waals surface area contributed by atoms with Crippen molar-refractivity contribution < 1.29 is 4.42 Å². The zero-order valence-corrected chi connectivity index (χ0v) is 12.3. The lowest BCUT2D eigenvalue weighted by Gasteiger charge is -2.02. The lowest BCUT2D eigenvalue weighted by atomic mass is 10.1. The first kappa shape index (κ1) is 13.4. The number of rotatable bonds is 7. The highest BCUT2D eigenvalue weighted by molar-refractivity contribution is 5.17. The summed E-state index contributed by atoms with van der Waals surface area (Å²) >= 11 is 0. The maximum Gasteiger partial charge on any atom is 0.117 e. The molecule has 108 valence electrons. The van der Waals surface area contributed by atoms with Crippen molar-refractivity contribution in [1.29, 1.82) is 0 Å². The normalized spacial score (nSPS) is 21.3. The van der Waals surface area contributed by atoms with Crippen molar-refractivity contribution in [3.05, 3.63) is 41.1 Å². The Balaban J connectivity index is 1.35. The Morgan fingerprint density at radius 3 is 3.00 bits per heavy atom. The Hall–Kier alpha value is -1.55. The summed E-state index contributed by atoms with van der Waals surface area (Å²) in [5.74, 6) is 3.70. The molecule has 2 aromatic rings. The van der Waals surface area contributed by atoms with Gasteiger partial charge >= 0.3 is 0 Å². The first-order valence-electron chi connectivity index (χ1n) is 7.52. The smallest absolute Gasteiger partial charge is 0.117 e. The fraction of sp³-hybridized carbons (Fsp3) is 0.562. The minimum atomic E-state index is 0.674. The van der Waals surface area contributed by atoms with Crippen LogP contribution < -0.4 is 5.32 Å². The van der Waals surface area contributed by atoms with E-state index in [1.807, 2.05) is 6.20 Å². The number of hydrogen-bond donors (Lipinski definition) is 2. The van der Waals surface area contributed by atoms with E-state index in [9.17, 15) is 0 Å². The molecule has 1 fully saturated rings. The van der Waals surface area contributed by atoms with Gasteiger partial charge < -0.3 is 9.73 Å². The van der Waals surface area contributed by atoms with Crippen molar-refractivity contribution in [3.8, 4) is 0 Å². The minimum Gasteiger partial charge on any atom is -0.464 e. The molecule has 2 atom stereocenters. The molecule has 0 aromatic carbocycles. The summed E-state index contributed by atoms with van der Waals surface area (Å²) in [5, 5.41) is 10.5. The maximum absolute atomic E-state index is 5.87. The van der Waals surface area contributed by atoms with E-state index in [1.54, 1.807) is 0 Å². The summed E-state index contributed by atoms with van der Waals surface area (Å²) in [6.45, 7) is 6.17. The largest absolute Gasteiger partial charge is 0.464 e. The molecule has 0 spiro atoms. The Kier molecular flexibility index (Phi) is 3.92. The first-order valence-corrected chi connectivity index (χ1v) is 7.52. The number of H-pyrrole nitrogens is 1. The fourth-order valence-electron chi connectivity index (χ4n) is 2.65. The zero-order valence-electron chi connectivity index (χ0n) is 12.3. The molecule has 1 aliphatic carbocycles. The summed E-state index contributed by atoms with van der Waals surface area (Å²) in [5.41, 5.74) is 2.49. The van der Waals surface area contributed by atoms with Gasteiger partial charge in [-0.25, -0.2) is 0 Å². The summed E-state index contributed by atoms with van der Waals surface area (Å²) in [6.07, 6.45) is 5.39. The lowest BCUT2D eigenvalue weighted by Crippen LogP contribution is -2.14. The second-order valence-corrected chi connectivity index (χ2v) is 5.92. The molecular weight excluding hydrogens is 250 g/mol. The Morgan fingerprint density at radius 2 is 2.30 bits per heavy atom. The molecule has 20 heavy (non-hydrogen) atoms. The second-order valence-electron chi connectivity index (χ2n) is 5.92. The van der Waals surface area contributed by atoms with Crippen LogP contribution in [0.5, 0.6) is 0 Å². The van der Waals surface area contributed by atoms with E-state index in [4.69, 9.17) is 4.42 Å². The maximum atomic E-state index is 5.87. The van der Waals surface area contributed by atoms with Gasteiger partial charge in [-0.2, -0.15) is 5.10 Å². The second kappa shape index (κ2) is 5.83. The van der Waals surface area contributed by atoms with Gasteiger partial charge in [0.05, 0.1) is 12.7 Å². The van der Waals surface area contributed by atoms with Crippen LogP contribution in [0.4, 0.5) is 0 Å². The van der Waals surface area contributed by atoms with E-state index in [0.717, 1.165) is 37.6 Å². The fourth-order valence-corrected chi connectivity index (χ4v) is 2.65. The van der Waals surface area contributed by atoms with Gasteiger partial charge in [0.15, 0.2) is 0 Å². The van der Waals surface area contributed by atoms with Gasteiger partial charge in [0.2, 0.25) is 0 Å². The number of hydrogen-bond acceptors (Lipinski definition) is 3. The van der Waals surface area contributed by atoms with E-state index >= 15 is 0 Å². The van der Waals surface area contributed by atoms with Crippen molar-refractivity contribution in [2.24, 2.45) is 5.92 Å². The Morgan fingerprint density at radius 1 is 1.45 bits per heavy atom. The van der Waals surface area contributed by atoms with Crippen molar-refractivity contribution in [3.63, 3.8) is 0 Å². The molecule has 1 saturated carbocycles. The predicted molar refractivity (Wildman–Crippen MR) is 78.6 cm³/mol. The van der Waals surface area contributed by atoms with Crippen LogP contribution in [0.25, 0.3) is 0 Å². The molecule has 2 unspecified atom stereocenters. The van der Waals surface area contributed by atoms with Crippen LogP contribution in [-0.2, 0) is 13.0 Å². The minimum absolute atomic E-state index is 0.674. The predicted octanol–water partition coefficient (Wildman–Crippen LogP) is 3.16. The highest BCUT2D eigenvalue weighted by Gasteiger charge is 2.36. The molecule has 1 aliphatic rings. The van der Waals surface area contributed by atoms with E-state index in [0.29, 0.717) is 5.92 Å². The van der Waals surface area contributed by atoms with Crippen LogP contribution in [-0.4, -0.2) is 16.7 Å². The number of aromatic amines is 1. The highest BCUT2D eigenvalue weighted by atomic mass is 16.3. The van der Waals surface area contributed by atoms with Gasteiger partial charge in [-0.1, -0.05) is 6.92 Å². The number of nitrogens with zero attached hydrogens (tertiary/aromatic N) is 1. The summed E-state index contributed by atoms with van der Waals surface area (Å²) in [4.78, 5) is 0. The molecule has 3 rings (SSSR count). The van der Waals surface area contributed by atoms with Crippen molar-refractivity contribution in [1.82, 2.24) is 15.5 Å². The average molecular weight is 273 g/mol. The molecule has 4 nitrogen and oxygen atoms in total. The van der Waals surface area contributed by atoms with Gasteiger partial charge in [0.25, 0.3) is 0 Å². The first-order chi connectivity index (χ1) is 9.74. The van der Waals surface area contributed by atoms with Crippen molar-refractivity contribution in [2.75, 3.05) is 6.54 Å². The van der Waals surface area contributed by atoms with Crippen LogP contribution in [0, 0.1) is 12.8 Å². The third-order valence-electron chi connectivity index (χ3n) is 4.19. The van der Waals surface area contributed by atoms with Crippen LogP contribution in [0.3, 0.4) is 0 Å². The third-order valence-corrected chi connectivity index (χ3v) is 4.19. The van der Waals surface area contributed by atoms with Gasteiger partial charge in [-0.3, -0.25) is 5.10 Å². The number of aromatic nitrogens is 2. The third kappa shape index (κ3) is 3.12. The molecular formula is C16H23N3O. The van der Waals surface area contributed by atoms with Crippen molar-refractivity contribution >= 4 is 0 Å². The zero-order chi connectivity index (χ0) is 13.9. The molecule has 0 radical (unpaired) electrons. The van der Waals surface area contributed by atoms with Gasteiger partial charge in [-0.05, 0) is 56.3 Å². The Bertz CT molecular complexity index is 558. The summed E-state index contributed by atoms with van der Waals surface area (Å²) in [7, 11) is 0. The Labute approximate surface area is 120 Å². The van der Waals surface area contributed by atoms with Crippen molar-refractivity contribution in [2.45, 2.75) is 45.6 Å². The molecule has 0 amide bonds. The van der Waals surface area contributed by atoms with Crippen LogP contribution in [0.15, 0.2) is 22.7 Å². The molecule has 2 N–H and O–H groups in total. The molecule has 0 saturated heterocycles. The molecule has 0 aliphatic heterocycles. The van der Waals surface area contributed by atoms with E-state index in [-0.39, 0.29) is 0 Å². The molecule has 4 heteroatoms. The molecule has 2 aromatic heterocycles. The van der Waals surface area contributed by atoms with Gasteiger partial charge in [-0.15, -0.1) is 0 Å². The monoisotopic (exact) mass is 273 g/mol.